The standard InChI is InChI=1S/C10H15BrOS/c1-7(2)10(3,12)6-9-8(11)4-5-13-9/h4-5,7,12H,6H2,1-3H3. The van der Waals surface area contributed by atoms with Gasteiger partial charge in [0.15, 0.2) is 0 Å². The summed E-state index contributed by atoms with van der Waals surface area (Å²) in [5.41, 5.74) is -0.604. The first kappa shape index (κ1) is 11.2. The highest BCUT2D eigenvalue weighted by Gasteiger charge is 2.26. The van der Waals surface area contributed by atoms with Crippen molar-refractivity contribution in [3.8, 4) is 0 Å². The van der Waals surface area contributed by atoms with Crippen LogP contribution in [0.2, 0.25) is 0 Å². The monoisotopic (exact) mass is 262 g/mol. The van der Waals surface area contributed by atoms with Crippen molar-refractivity contribution in [2.24, 2.45) is 5.92 Å². The zero-order chi connectivity index (χ0) is 10.1. The molecule has 0 fully saturated rings. The van der Waals surface area contributed by atoms with Crippen molar-refractivity contribution in [1.29, 1.82) is 0 Å². The van der Waals surface area contributed by atoms with Gasteiger partial charge in [-0.1, -0.05) is 13.8 Å². The van der Waals surface area contributed by atoms with Gasteiger partial charge in [-0.15, -0.1) is 11.3 Å². The fourth-order valence-electron chi connectivity index (χ4n) is 0.980. The SMILES string of the molecule is CC(C)C(C)(O)Cc1sccc1Br. The lowest BCUT2D eigenvalue weighted by molar-refractivity contribution is 0.0146. The van der Waals surface area contributed by atoms with Crippen LogP contribution >= 0.6 is 27.3 Å². The molecule has 0 aliphatic heterocycles. The summed E-state index contributed by atoms with van der Waals surface area (Å²) in [6.45, 7) is 5.98. The van der Waals surface area contributed by atoms with Crippen molar-refractivity contribution >= 4 is 27.3 Å². The van der Waals surface area contributed by atoms with Crippen LogP contribution in [-0.2, 0) is 6.42 Å². The van der Waals surface area contributed by atoms with Gasteiger partial charge in [-0.25, -0.2) is 0 Å². The predicted molar refractivity (Wildman–Crippen MR) is 61.2 cm³/mol. The molecule has 0 aliphatic carbocycles. The number of halogens is 1. The summed E-state index contributed by atoms with van der Waals surface area (Å²) in [6, 6.07) is 2.02. The highest BCUT2D eigenvalue weighted by molar-refractivity contribution is 9.10. The third kappa shape index (κ3) is 2.79. The molecule has 3 heteroatoms. The lowest BCUT2D eigenvalue weighted by Crippen LogP contribution is -2.33. The molecule has 0 aliphatic rings. The Morgan fingerprint density at radius 3 is 2.62 bits per heavy atom. The van der Waals surface area contributed by atoms with Gasteiger partial charge in [0.2, 0.25) is 0 Å². The highest BCUT2D eigenvalue weighted by Crippen LogP contribution is 2.29. The van der Waals surface area contributed by atoms with Crippen LogP contribution < -0.4 is 0 Å². The number of rotatable bonds is 3. The van der Waals surface area contributed by atoms with Gasteiger partial charge in [0, 0.05) is 15.8 Å². The smallest absolute Gasteiger partial charge is 0.0690 e. The first-order valence-electron chi connectivity index (χ1n) is 4.37. The first-order valence-corrected chi connectivity index (χ1v) is 6.05. The third-order valence-electron chi connectivity index (χ3n) is 2.45. The minimum atomic E-state index is -0.604. The molecule has 0 amide bonds. The summed E-state index contributed by atoms with van der Waals surface area (Å²) in [5, 5.41) is 12.1. The summed E-state index contributed by atoms with van der Waals surface area (Å²) < 4.78 is 1.11. The van der Waals surface area contributed by atoms with Crippen LogP contribution in [0, 0.1) is 5.92 Å². The number of aliphatic hydroxyl groups is 1. The lowest BCUT2D eigenvalue weighted by atomic mass is 9.89. The predicted octanol–water partition coefficient (Wildman–Crippen LogP) is 3.46. The first-order chi connectivity index (χ1) is 5.93. The Balaban J connectivity index is 2.74. The van der Waals surface area contributed by atoms with Crippen LogP contribution in [0.25, 0.3) is 0 Å². The average Bonchev–Trinajstić information content (AvgIpc) is 2.35. The van der Waals surface area contributed by atoms with Crippen LogP contribution in [0.5, 0.6) is 0 Å². The summed E-state index contributed by atoms with van der Waals surface area (Å²) in [7, 11) is 0. The van der Waals surface area contributed by atoms with E-state index in [2.05, 4.69) is 15.9 Å². The van der Waals surface area contributed by atoms with E-state index in [9.17, 15) is 5.11 Å². The fourth-order valence-corrected chi connectivity index (χ4v) is 2.63. The molecular weight excluding hydrogens is 248 g/mol. The van der Waals surface area contributed by atoms with Crippen LogP contribution in [0.1, 0.15) is 25.6 Å². The van der Waals surface area contributed by atoms with E-state index in [1.54, 1.807) is 11.3 Å². The molecule has 1 aromatic heterocycles. The zero-order valence-electron chi connectivity index (χ0n) is 8.17. The summed E-state index contributed by atoms with van der Waals surface area (Å²) in [5.74, 6) is 0.279. The maximum Gasteiger partial charge on any atom is 0.0690 e. The molecule has 0 radical (unpaired) electrons. The van der Waals surface area contributed by atoms with Gasteiger partial charge in [0.05, 0.1) is 5.60 Å². The zero-order valence-corrected chi connectivity index (χ0v) is 10.6. The Morgan fingerprint density at radius 1 is 1.62 bits per heavy atom. The lowest BCUT2D eigenvalue weighted by Gasteiger charge is -2.27. The fraction of sp³-hybridized carbons (Fsp3) is 0.600. The molecule has 1 unspecified atom stereocenters. The van der Waals surface area contributed by atoms with E-state index >= 15 is 0 Å². The molecule has 74 valence electrons. The molecule has 1 atom stereocenters. The molecule has 0 saturated heterocycles. The number of hydrogen-bond acceptors (Lipinski definition) is 2. The van der Waals surface area contributed by atoms with Crippen molar-refractivity contribution in [3.05, 3.63) is 20.8 Å². The van der Waals surface area contributed by atoms with E-state index < -0.39 is 5.60 Å². The quantitative estimate of drug-likeness (QED) is 0.885. The van der Waals surface area contributed by atoms with Crippen molar-refractivity contribution in [2.75, 3.05) is 0 Å². The van der Waals surface area contributed by atoms with Crippen molar-refractivity contribution in [1.82, 2.24) is 0 Å². The van der Waals surface area contributed by atoms with Crippen molar-refractivity contribution in [2.45, 2.75) is 32.8 Å². The highest BCUT2D eigenvalue weighted by atomic mass is 79.9. The Labute approximate surface area is 91.9 Å². The van der Waals surface area contributed by atoms with E-state index in [4.69, 9.17) is 0 Å². The minimum Gasteiger partial charge on any atom is -0.390 e. The van der Waals surface area contributed by atoms with Crippen LogP contribution in [-0.4, -0.2) is 10.7 Å². The molecule has 1 rings (SSSR count). The summed E-state index contributed by atoms with van der Waals surface area (Å²) in [4.78, 5) is 1.22. The average molecular weight is 263 g/mol. The Morgan fingerprint density at radius 2 is 2.23 bits per heavy atom. The molecule has 0 aromatic carbocycles. The summed E-state index contributed by atoms with van der Waals surface area (Å²) >= 11 is 5.15. The molecule has 0 bridgehead atoms. The molecule has 13 heavy (non-hydrogen) atoms. The summed E-state index contributed by atoms with van der Waals surface area (Å²) in [6.07, 6.45) is 0.725. The molecular formula is C10H15BrOS. The molecule has 0 saturated carbocycles. The molecule has 1 nitrogen and oxygen atoms in total. The second-order valence-electron chi connectivity index (χ2n) is 3.88. The molecule has 1 heterocycles. The molecule has 1 aromatic rings. The van der Waals surface area contributed by atoms with Crippen LogP contribution in [0.3, 0.4) is 0 Å². The van der Waals surface area contributed by atoms with Gasteiger partial charge in [0.25, 0.3) is 0 Å². The van der Waals surface area contributed by atoms with E-state index in [0.717, 1.165) is 10.9 Å². The molecule has 0 spiro atoms. The van der Waals surface area contributed by atoms with Crippen molar-refractivity contribution < 1.29 is 5.11 Å². The van der Waals surface area contributed by atoms with Gasteiger partial charge < -0.3 is 5.11 Å². The Kier molecular flexibility index (Phi) is 3.55. The third-order valence-corrected chi connectivity index (χ3v) is 4.38. The second-order valence-corrected chi connectivity index (χ2v) is 5.74. The number of hydrogen-bond donors (Lipinski definition) is 1. The van der Waals surface area contributed by atoms with E-state index in [-0.39, 0.29) is 5.92 Å². The Hall–Kier alpha value is 0.140. The normalized spacial score (nSPS) is 16.2. The van der Waals surface area contributed by atoms with Gasteiger partial charge in [-0.2, -0.15) is 0 Å². The van der Waals surface area contributed by atoms with Gasteiger partial charge in [0.1, 0.15) is 0 Å². The number of thiophene rings is 1. The second kappa shape index (κ2) is 4.11. The van der Waals surface area contributed by atoms with Crippen LogP contribution in [0.4, 0.5) is 0 Å². The largest absolute Gasteiger partial charge is 0.390 e. The van der Waals surface area contributed by atoms with E-state index in [0.29, 0.717) is 0 Å². The van der Waals surface area contributed by atoms with Crippen molar-refractivity contribution in [3.63, 3.8) is 0 Å². The molecule has 1 N–H and O–H groups in total. The van der Waals surface area contributed by atoms with Gasteiger partial charge in [-0.05, 0) is 40.2 Å². The van der Waals surface area contributed by atoms with Crippen LogP contribution in [0.15, 0.2) is 15.9 Å². The van der Waals surface area contributed by atoms with Gasteiger partial charge in [-0.3, -0.25) is 0 Å². The minimum absolute atomic E-state index is 0.279. The maximum absolute atomic E-state index is 10.1. The van der Waals surface area contributed by atoms with E-state index in [1.165, 1.54) is 4.88 Å². The maximum atomic E-state index is 10.1. The van der Waals surface area contributed by atoms with Gasteiger partial charge >= 0.3 is 0 Å². The Bertz CT molecular complexity index is 278. The topological polar surface area (TPSA) is 20.2 Å². The van der Waals surface area contributed by atoms with E-state index in [1.807, 2.05) is 32.2 Å².